The molecule has 0 aromatic carbocycles. The van der Waals surface area contributed by atoms with Crippen molar-refractivity contribution in [3.05, 3.63) is 11.9 Å². The molecule has 0 atom stereocenters. The minimum atomic E-state index is -0.352. The zero-order valence-electron chi connectivity index (χ0n) is 3.50. The Balaban J connectivity index is 2.82. The summed E-state index contributed by atoms with van der Waals surface area (Å²) in [6.45, 7) is 0. The van der Waals surface area contributed by atoms with Crippen molar-refractivity contribution in [2.75, 3.05) is 0 Å². The van der Waals surface area contributed by atoms with E-state index in [1.807, 2.05) is 0 Å². The Hall–Kier alpha value is -0.990. The van der Waals surface area contributed by atoms with Gasteiger partial charge in [-0.3, -0.25) is 0 Å². The van der Waals surface area contributed by atoms with Gasteiger partial charge in [-0.25, -0.2) is 4.39 Å². The van der Waals surface area contributed by atoms with Gasteiger partial charge in [-0.1, -0.05) is 0 Å². The molecule has 1 aliphatic rings. The lowest BCUT2D eigenvalue weighted by Gasteiger charge is -1.73. The Morgan fingerprint density at radius 3 is 2.86 bits per heavy atom. The van der Waals surface area contributed by atoms with Crippen LogP contribution in [0.4, 0.5) is 4.39 Å². The SMILES string of the molecule is FC1=CC=[N+]N=C1. The molecular formula is C4H3FN2+. The van der Waals surface area contributed by atoms with Crippen molar-refractivity contribution in [3.63, 3.8) is 0 Å². The molecule has 7 heavy (non-hydrogen) atoms. The van der Waals surface area contributed by atoms with Crippen molar-refractivity contribution in [2.24, 2.45) is 5.10 Å². The van der Waals surface area contributed by atoms with E-state index in [1.165, 1.54) is 12.3 Å². The van der Waals surface area contributed by atoms with Gasteiger partial charge in [0.05, 0.1) is 5.10 Å². The molecular weight excluding hydrogens is 95.1 g/mol. The van der Waals surface area contributed by atoms with Crippen LogP contribution < -0.4 is 5.10 Å². The van der Waals surface area contributed by atoms with Crippen molar-refractivity contribution >= 4 is 12.4 Å². The molecule has 0 aromatic rings. The highest BCUT2D eigenvalue weighted by molar-refractivity contribution is 5.86. The van der Waals surface area contributed by atoms with Gasteiger partial charge in [0.1, 0.15) is 6.21 Å². The first-order valence-corrected chi connectivity index (χ1v) is 1.82. The van der Waals surface area contributed by atoms with Crippen LogP contribution in [0.2, 0.25) is 0 Å². The van der Waals surface area contributed by atoms with Crippen molar-refractivity contribution in [1.82, 2.24) is 5.10 Å². The van der Waals surface area contributed by atoms with Gasteiger partial charge in [-0.15, -0.1) is 0 Å². The lowest BCUT2D eigenvalue weighted by Crippen LogP contribution is -1.89. The standard InChI is InChI=1S/C4H3FN2/c5-4-1-2-6-7-3-4/h1-3H/q+1. The summed E-state index contributed by atoms with van der Waals surface area (Å²) in [4.78, 5) is 0. The zero-order valence-corrected chi connectivity index (χ0v) is 3.50. The fraction of sp³-hybridized carbons (Fsp3) is 0. The Morgan fingerprint density at radius 2 is 2.57 bits per heavy atom. The third-order valence-corrected chi connectivity index (χ3v) is 0.548. The molecule has 0 aromatic heterocycles. The third-order valence-electron chi connectivity index (χ3n) is 0.548. The van der Waals surface area contributed by atoms with E-state index in [9.17, 15) is 4.39 Å². The highest BCUT2D eigenvalue weighted by atomic mass is 19.1. The summed E-state index contributed by atoms with van der Waals surface area (Å²) < 4.78 is 11.8. The molecule has 0 fully saturated rings. The topological polar surface area (TPSA) is 26.5 Å². The van der Waals surface area contributed by atoms with Crippen molar-refractivity contribution in [3.8, 4) is 0 Å². The van der Waals surface area contributed by atoms with Gasteiger partial charge in [0.2, 0.25) is 0 Å². The largest absolute Gasteiger partial charge is 0.280 e. The molecule has 1 radical (unpaired) electrons. The summed E-state index contributed by atoms with van der Waals surface area (Å²) >= 11 is 0. The van der Waals surface area contributed by atoms with E-state index in [0.29, 0.717) is 0 Å². The monoisotopic (exact) mass is 98.0 g/mol. The molecule has 0 bridgehead atoms. The average molecular weight is 98.1 g/mol. The second-order valence-corrected chi connectivity index (χ2v) is 1.06. The third kappa shape index (κ3) is 0.924. The van der Waals surface area contributed by atoms with E-state index in [4.69, 9.17) is 0 Å². The van der Waals surface area contributed by atoms with Crippen LogP contribution in [0.5, 0.6) is 0 Å². The lowest BCUT2D eigenvalue weighted by atomic mass is 10.5. The summed E-state index contributed by atoms with van der Waals surface area (Å²) in [5, 5.41) is 6.61. The van der Waals surface area contributed by atoms with E-state index in [1.54, 1.807) is 0 Å². The Bertz CT molecular complexity index is 146. The van der Waals surface area contributed by atoms with Crippen LogP contribution in [0.25, 0.3) is 0 Å². The van der Waals surface area contributed by atoms with Crippen LogP contribution in [0.1, 0.15) is 0 Å². The number of nitrogens with zero attached hydrogens (tertiary/aromatic N) is 2. The molecule has 0 saturated carbocycles. The number of hydrogen-bond donors (Lipinski definition) is 0. The average Bonchev–Trinajstić information content (AvgIpc) is 1.69. The van der Waals surface area contributed by atoms with Crippen LogP contribution in [0.15, 0.2) is 17.0 Å². The quantitative estimate of drug-likeness (QED) is 0.415. The van der Waals surface area contributed by atoms with Gasteiger partial charge in [-0.2, -0.15) is 0 Å². The Morgan fingerprint density at radius 1 is 1.71 bits per heavy atom. The number of rotatable bonds is 0. The molecule has 3 heteroatoms. The van der Waals surface area contributed by atoms with Crippen LogP contribution in [0.3, 0.4) is 0 Å². The van der Waals surface area contributed by atoms with Crippen LogP contribution in [-0.2, 0) is 0 Å². The summed E-state index contributed by atoms with van der Waals surface area (Å²) in [6, 6.07) is 0. The fourth-order valence-corrected chi connectivity index (χ4v) is 0.275. The highest BCUT2D eigenvalue weighted by Crippen LogP contribution is 1.89. The fourth-order valence-electron chi connectivity index (χ4n) is 0.275. The summed E-state index contributed by atoms with van der Waals surface area (Å²) in [5.41, 5.74) is 0. The first-order chi connectivity index (χ1) is 3.39. The van der Waals surface area contributed by atoms with Gasteiger partial charge in [0, 0.05) is 6.08 Å². The van der Waals surface area contributed by atoms with Crippen LogP contribution >= 0.6 is 0 Å². The zero-order chi connectivity index (χ0) is 5.11. The van der Waals surface area contributed by atoms with Crippen molar-refractivity contribution in [2.45, 2.75) is 0 Å². The second kappa shape index (κ2) is 1.64. The van der Waals surface area contributed by atoms with Crippen molar-refractivity contribution < 1.29 is 4.39 Å². The molecule has 0 saturated heterocycles. The van der Waals surface area contributed by atoms with E-state index in [0.717, 1.165) is 6.21 Å². The molecule has 0 N–H and O–H groups in total. The van der Waals surface area contributed by atoms with Crippen LogP contribution in [0, 0.1) is 0 Å². The van der Waals surface area contributed by atoms with E-state index in [-0.39, 0.29) is 5.83 Å². The first kappa shape index (κ1) is 4.18. The number of halogens is 1. The molecule has 1 aliphatic heterocycles. The minimum Gasteiger partial charge on any atom is -0.205 e. The molecule has 0 aliphatic carbocycles. The summed E-state index contributed by atoms with van der Waals surface area (Å²) in [6.07, 6.45) is 3.60. The maximum atomic E-state index is 11.8. The summed E-state index contributed by atoms with van der Waals surface area (Å²) in [5.74, 6) is -0.352. The molecule has 0 unspecified atom stereocenters. The number of hydrogen-bond acceptors (Lipinski definition) is 2. The predicted molar refractivity (Wildman–Crippen MR) is 25.9 cm³/mol. The Labute approximate surface area is 40.1 Å². The molecule has 1 heterocycles. The molecule has 35 valence electrons. The molecule has 2 nitrogen and oxygen atoms in total. The molecule has 0 amide bonds. The van der Waals surface area contributed by atoms with Gasteiger partial charge >= 0.3 is 0 Å². The maximum absolute atomic E-state index is 11.8. The highest BCUT2D eigenvalue weighted by Gasteiger charge is 1.96. The predicted octanol–water partition coefficient (Wildman–Crippen LogP) is 0.246. The van der Waals surface area contributed by atoms with Gasteiger partial charge in [0.15, 0.2) is 10.9 Å². The first-order valence-electron chi connectivity index (χ1n) is 1.82. The lowest BCUT2D eigenvalue weighted by molar-refractivity contribution is 0.684. The molecule has 1 rings (SSSR count). The van der Waals surface area contributed by atoms with Gasteiger partial charge in [0.25, 0.3) is 6.21 Å². The molecule has 0 spiro atoms. The normalized spacial score (nSPS) is 17.0. The van der Waals surface area contributed by atoms with Crippen LogP contribution in [-0.4, -0.2) is 12.4 Å². The minimum absolute atomic E-state index is 0.352. The van der Waals surface area contributed by atoms with Gasteiger partial charge in [-0.05, 0) is 0 Å². The Kier molecular flexibility index (Phi) is 0.978. The van der Waals surface area contributed by atoms with Crippen molar-refractivity contribution in [1.29, 1.82) is 0 Å². The maximum Gasteiger partial charge on any atom is 0.280 e. The summed E-state index contributed by atoms with van der Waals surface area (Å²) in [7, 11) is 0. The number of allylic oxidation sites excluding steroid dienone is 2. The van der Waals surface area contributed by atoms with E-state index in [2.05, 4.69) is 10.2 Å². The van der Waals surface area contributed by atoms with E-state index >= 15 is 0 Å². The van der Waals surface area contributed by atoms with E-state index < -0.39 is 0 Å². The smallest absolute Gasteiger partial charge is 0.205 e. The van der Waals surface area contributed by atoms with Gasteiger partial charge < -0.3 is 0 Å². The second-order valence-electron chi connectivity index (χ2n) is 1.06.